The van der Waals surface area contributed by atoms with Crippen LogP contribution in [-0.4, -0.2) is 34.9 Å². The summed E-state index contributed by atoms with van der Waals surface area (Å²) in [6.45, 7) is 1.81. The molecule has 0 spiro atoms. The smallest absolute Gasteiger partial charge is 0.267 e. The average Bonchev–Trinajstić information content (AvgIpc) is 3.42. The second kappa shape index (κ2) is 8.60. The molecule has 0 bridgehead atoms. The molecule has 0 saturated heterocycles. The van der Waals surface area contributed by atoms with Crippen LogP contribution in [0.5, 0.6) is 0 Å². The van der Waals surface area contributed by atoms with Crippen LogP contribution in [0.2, 0.25) is 5.02 Å². The van der Waals surface area contributed by atoms with Crippen molar-refractivity contribution in [1.82, 2.24) is 34.9 Å². The van der Waals surface area contributed by atoms with Crippen LogP contribution in [0, 0.1) is 12.7 Å². The Bertz CT molecular complexity index is 1530. The molecule has 0 aliphatic rings. The number of thiazole rings is 1. The second-order valence-corrected chi connectivity index (χ2v) is 8.38. The molecule has 0 fully saturated rings. The van der Waals surface area contributed by atoms with Gasteiger partial charge in [0, 0.05) is 35.8 Å². The van der Waals surface area contributed by atoms with Crippen molar-refractivity contribution in [3.8, 4) is 32.5 Å². The number of hydrogen-bond donors (Lipinski definition) is 0. The molecule has 0 unspecified atom stereocenters. The molecule has 0 N–H and O–H groups in total. The zero-order valence-corrected chi connectivity index (χ0v) is 18.5. The molecule has 33 heavy (non-hydrogen) atoms. The third-order valence-corrected chi connectivity index (χ3v) is 6.00. The predicted molar refractivity (Wildman–Crippen MR) is 119 cm³/mol. The number of halogens is 2. The molecule has 5 heterocycles. The van der Waals surface area contributed by atoms with Crippen molar-refractivity contribution < 1.29 is 8.91 Å². The third-order valence-electron chi connectivity index (χ3n) is 4.56. The van der Waals surface area contributed by atoms with Gasteiger partial charge in [0.1, 0.15) is 23.1 Å². The summed E-state index contributed by atoms with van der Waals surface area (Å²) in [4.78, 5) is 29.9. The Morgan fingerprint density at radius 3 is 2.73 bits per heavy atom. The lowest BCUT2D eigenvalue weighted by molar-refractivity contribution is 0.363. The van der Waals surface area contributed by atoms with E-state index in [0.29, 0.717) is 16.3 Å². The Morgan fingerprint density at radius 2 is 1.91 bits per heavy atom. The van der Waals surface area contributed by atoms with Crippen molar-refractivity contribution in [2.24, 2.45) is 0 Å². The first-order chi connectivity index (χ1) is 16.0. The van der Waals surface area contributed by atoms with Crippen molar-refractivity contribution in [3.63, 3.8) is 0 Å². The number of rotatable bonds is 5. The van der Waals surface area contributed by atoms with Gasteiger partial charge in [-0.3, -0.25) is 14.8 Å². The molecule has 0 atom stereocenters. The minimum atomic E-state index is -0.516. The van der Waals surface area contributed by atoms with E-state index in [9.17, 15) is 9.18 Å². The van der Waals surface area contributed by atoms with E-state index in [4.69, 9.17) is 16.1 Å². The van der Waals surface area contributed by atoms with Crippen LogP contribution in [0.4, 0.5) is 4.39 Å². The van der Waals surface area contributed by atoms with E-state index in [-0.39, 0.29) is 23.8 Å². The standard InChI is InChI=1S/C21H13ClFN7O2S/c1-11-19(33-21(26-11)13-4-14(22)8-24-7-13)16-2-3-18(31)30(28-16)10-17-27-20(29-32-17)12-5-15(23)9-25-6-12/h2-9H,10H2,1H3. The maximum atomic E-state index is 13.4. The quantitative estimate of drug-likeness (QED) is 0.370. The Hall–Kier alpha value is -3.83. The lowest BCUT2D eigenvalue weighted by Gasteiger charge is -2.03. The first-order valence-electron chi connectivity index (χ1n) is 9.56. The Kier molecular flexibility index (Phi) is 5.48. The zero-order valence-electron chi connectivity index (χ0n) is 16.9. The van der Waals surface area contributed by atoms with Crippen LogP contribution in [0.25, 0.3) is 32.5 Å². The fourth-order valence-electron chi connectivity index (χ4n) is 3.07. The van der Waals surface area contributed by atoms with Crippen molar-refractivity contribution >= 4 is 22.9 Å². The van der Waals surface area contributed by atoms with Crippen LogP contribution in [0.15, 0.2) is 58.4 Å². The van der Waals surface area contributed by atoms with Gasteiger partial charge in [-0.05, 0) is 25.1 Å². The van der Waals surface area contributed by atoms with Crippen LogP contribution in [0.3, 0.4) is 0 Å². The highest BCUT2D eigenvalue weighted by Gasteiger charge is 2.16. The fourth-order valence-corrected chi connectivity index (χ4v) is 4.25. The SMILES string of the molecule is Cc1nc(-c2cncc(Cl)c2)sc1-c1ccc(=O)n(Cc2nc(-c3cncc(F)c3)no2)n1. The van der Waals surface area contributed by atoms with Gasteiger partial charge < -0.3 is 4.52 Å². The summed E-state index contributed by atoms with van der Waals surface area (Å²) in [7, 11) is 0. The summed E-state index contributed by atoms with van der Waals surface area (Å²) < 4.78 is 19.8. The molecule has 5 aromatic rings. The number of aromatic nitrogens is 7. The molecule has 0 aliphatic carbocycles. The summed E-state index contributed by atoms with van der Waals surface area (Å²) in [6, 6.07) is 6.07. The van der Waals surface area contributed by atoms with E-state index in [1.807, 2.05) is 6.92 Å². The Labute approximate surface area is 194 Å². The van der Waals surface area contributed by atoms with Crippen LogP contribution in [-0.2, 0) is 6.54 Å². The summed E-state index contributed by atoms with van der Waals surface area (Å²) in [5.41, 5.74) is 2.14. The maximum Gasteiger partial charge on any atom is 0.267 e. The van der Waals surface area contributed by atoms with E-state index >= 15 is 0 Å². The number of hydrogen-bond acceptors (Lipinski definition) is 9. The minimum absolute atomic E-state index is 0.0503. The summed E-state index contributed by atoms with van der Waals surface area (Å²) in [5.74, 6) is -0.204. The highest BCUT2D eigenvalue weighted by molar-refractivity contribution is 7.18. The zero-order chi connectivity index (χ0) is 22.9. The highest BCUT2D eigenvalue weighted by Crippen LogP contribution is 2.34. The number of nitrogens with zero attached hydrogens (tertiary/aromatic N) is 7. The van der Waals surface area contributed by atoms with Crippen molar-refractivity contribution in [1.29, 1.82) is 0 Å². The lowest BCUT2D eigenvalue weighted by Crippen LogP contribution is -2.23. The molecular formula is C21H13ClFN7O2S. The predicted octanol–water partition coefficient (Wildman–Crippen LogP) is 4.02. The molecule has 0 saturated carbocycles. The average molecular weight is 482 g/mol. The molecular weight excluding hydrogens is 469 g/mol. The van der Waals surface area contributed by atoms with E-state index in [1.54, 1.807) is 24.5 Å². The first-order valence-corrected chi connectivity index (χ1v) is 10.8. The van der Waals surface area contributed by atoms with Gasteiger partial charge in [0.05, 0.1) is 21.8 Å². The van der Waals surface area contributed by atoms with Gasteiger partial charge in [-0.25, -0.2) is 14.1 Å². The minimum Gasteiger partial charge on any atom is -0.337 e. The number of pyridine rings is 2. The summed E-state index contributed by atoms with van der Waals surface area (Å²) in [5, 5.41) is 9.54. The summed E-state index contributed by atoms with van der Waals surface area (Å²) in [6.07, 6.45) is 5.73. The molecule has 5 aromatic heterocycles. The molecule has 164 valence electrons. The molecule has 0 aromatic carbocycles. The van der Waals surface area contributed by atoms with Crippen LogP contribution >= 0.6 is 22.9 Å². The lowest BCUT2D eigenvalue weighted by atomic mass is 10.3. The largest absolute Gasteiger partial charge is 0.337 e. The van der Waals surface area contributed by atoms with Crippen LogP contribution in [0.1, 0.15) is 11.6 Å². The number of aryl methyl sites for hydroxylation is 1. The van der Waals surface area contributed by atoms with E-state index in [2.05, 4.69) is 30.2 Å². The van der Waals surface area contributed by atoms with Gasteiger partial charge in [0.25, 0.3) is 5.56 Å². The van der Waals surface area contributed by atoms with Crippen LogP contribution < -0.4 is 5.56 Å². The molecule has 5 rings (SSSR count). The van der Waals surface area contributed by atoms with Crippen molar-refractivity contribution in [2.75, 3.05) is 0 Å². The van der Waals surface area contributed by atoms with Gasteiger partial charge in [-0.15, -0.1) is 11.3 Å². The third kappa shape index (κ3) is 4.41. The Morgan fingerprint density at radius 1 is 1.09 bits per heavy atom. The fraction of sp³-hybridized carbons (Fsp3) is 0.0952. The topological polar surface area (TPSA) is 112 Å². The maximum absolute atomic E-state index is 13.4. The molecule has 0 amide bonds. The molecule has 12 heteroatoms. The van der Waals surface area contributed by atoms with Gasteiger partial charge in [-0.2, -0.15) is 10.1 Å². The van der Waals surface area contributed by atoms with Gasteiger partial charge >= 0.3 is 0 Å². The second-order valence-electron chi connectivity index (χ2n) is 6.94. The van der Waals surface area contributed by atoms with Gasteiger partial charge in [0.2, 0.25) is 11.7 Å². The normalized spacial score (nSPS) is 11.1. The van der Waals surface area contributed by atoms with E-state index < -0.39 is 5.82 Å². The molecule has 0 radical (unpaired) electrons. The van der Waals surface area contributed by atoms with Gasteiger partial charge in [-0.1, -0.05) is 16.8 Å². The molecule has 0 aliphatic heterocycles. The Balaban J connectivity index is 1.44. The monoisotopic (exact) mass is 481 g/mol. The van der Waals surface area contributed by atoms with E-state index in [0.717, 1.165) is 27.3 Å². The summed E-state index contributed by atoms with van der Waals surface area (Å²) >= 11 is 7.46. The first kappa shape index (κ1) is 21.0. The van der Waals surface area contributed by atoms with E-state index in [1.165, 1.54) is 34.3 Å². The van der Waals surface area contributed by atoms with Crippen molar-refractivity contribution in [2.45, 2.75) is 13.5 Å². The molecule has 9 nitrogen and oxygen atoms in total. The van der Waals surface area contributed by atoms with Gasteiger partial charge in [0.15, 0.2) is 0 Å². The van der Waals surface area contributed by atoms with Crippen molar-refractivity contribution in [3.05, 3.63) is 81.8 Å². The highest BCUT2D eigenvalue weighted by atomic mass is 35.5.